The highest BCUT2D eigenvalue weighted by molar-refractivity contribution is 5.87. The maximum atomic E-state index is 2.35. The maximum absolute atomic E-state index is 2.35. The van der Waals surface area contributed by atoms with Crippen molar-refractivity contribution in [2.75, 3.05) is 4.90 Å². The highest BCUT2D eigenvalue weighted by Gasteiger charge is 2.20. The van der Waals surface area contributed by atoms with Crippen LogP contribution in [-0.4, -0.2) is 0 Å². The minimum absolute atomic E-state index is 0.107. The van der Waals surface area contributed by atoms with E-state index in [9.17, 15) is 0 Å². The fourth-order valence-corrected chi connectivity index (χ4v) is 6.83. The molecular weight excluding hydrogens is 579 g/mol. The Morgan fingerprint density at radius 2 is 0.688 bits per heavy atom. The molecule has 0 N–H and O–H groups in total. The van der Waals surface area contributed by atoms with Gasteiger partial charge in [0, 0.05) is 23.0 Å². The summed E-state index contributed by atoms with van der Waals surface area (Å²) >= 11 is 0. The Labute approximate surface area is 283 Å². The first kappa shape index (κ1) is 29.2. The molecule has 1 atom stereocenters. The van der Waals surface area contributed by atoms with Gasteiger partial charge in [-0.1, -0.05) is 170 Å². The number of benzene rings is 8. The molecule has 0 radical (unpaired) electrons. The quantitative estimate of drug-likeness (QED) is 0.154. The summed E-state index contributed by atoms with van der Waals surface area (Å²) in [5.74, 6) is 0.107. The van der Waals surface area contributed by atoms with Crippen LogP contribution in [0.15, 0.2) is 206 Å². The fraction of sp³-hybridized carbons (Fsp3) is 0.0213. The van der Waals surface area contributed by atoms with Crippen LogP contribution in [0, 0.1) is 0 Å². The summed E-state index contributed by atoms with van der Waals surface area (Å²) in [5, 5.41) is 2.55. The van der Waals surface area contributed by atoms with E-state index in [2.05, 4.69) is 211 Å². The largest absolute Gasteiger partial charge is 0.311 e. The zero-order valence-electron chi connectivity index (χ0n) is 26.7. The van der Waals surface area contributed by atoms with Gasteiger partial charge >= 0.3 is 0 Å². The van der Waals surface area contributed by atoms with Gasteiger partial charge in [0.1, 0.15) is 0 Å². The summed E-state index contributed by atoms with van der Waals surface area (Å²) in [6.07, 6.45) is 0. The maximum Gasteiger partial charge on any atom is 0.0462 e. The molecule has 0 aromatic heterocycles. The topological polar surface area (TPSA) is 3.24 Å². The van der Waals surface area contributed by atoms with Gasteiger partial charge in [0.15, 0.2) is 0 Å². The number of nitrogens with zero attached hydrogens (tertiary/aromatic N) is 1. The van der Waals surface area contributed by atoms with Gasteiger partial charge < -0.3 is 4.90 Å². The van der Waals surface area contributed by atoms with Crippen molar-refractivity contribution in [2.45, 2.75) is 5.92 Å². The molecule has 0 spiro atoms. The molecule has 8 rings (SSSR count). The van der Waals surface area contributed by atoms with Crippen molar-refractivity contribution in [3.8, 4) is 22.3 Å². The molecule has 48 heavy (non-hydrogen) atoms. The lowest BCUT2D eigenvalue weighted by atomic mass is 9.83. The van der Waals surface area contributed by atoms with Crippen molar-refractivity contribution in [1.29, 1.82) is 0 Å². The second-order valence-corrected chi connectivity index (χ2v) is 12.2. The standard InChI is InChI=1S/C47H35N/c1-4-13-35(14-5-1)37-23-29-42(30-24-37)48(43-31-25-38(26-32-43)36-15-6-2-7-16-36)44-33-27-41(28-34-44)47(40-18-8-3-9-19-40)46-22-12-20-39-17-10-11-21-45(39)46/h1-34,47H. The predicted molar refractivity (Wildman–Crippen MR) is 203 cm³/mol. The molecule has 0 aliphatic carbocycles. The molecule has 228 valence electrons. The molecule has 0 fully saturated rings. The average Bonchev–Trinajstić information content (AvgIpc) is 3.17. The van der Waals surface area contributed by atoms with Crippen LogP contribution in [0.4, 0.5) is 17.1 Å². The predicted octanol–water partition coefficient (Wildman–Crippen LogP) is 12.8. The van der Waals surface area contributed by atoms with Crippen molar-refractivity contribution in [1.82, 2.24) is 0 Å². The van der Waals surface area contributed by atoms with E-state index in [4.69, 9.17) is 0 Å². The van der Waals surface area contributed by atoms with Crippen LogP contribution in [0.25, 0.3) is 33.0 Å². The molecule has 1 unspecified atom stereocenters. The third-order valence-electron chi connectivity index (χ3n) is 9.22. The first-order chi connectivity index (χ1) is 23.8. The number of fused-ring (bicyclic) bond motifs is 1. The molecule has 0 aliphatic heterocycles. The molecule has 0 aliphatic rings. The number of rotatable bonds is 8. The van der Waals surface area contributed by atoms with Crippen LogP contribution in [0.3, 0.4) is 0 Å². The molecule has 8 aromatic rings. The van der Waals surface area contributed by atoms with Crippen LogP contribution in [0.2, 0.25) is 0 Å². The third kappa shape index (κ3) is 5.90. The van der Waals surface area contributed by atoms with Crippen molar-refractivity contribution >= 4 is 27.8 Å². The Morgan fingerprint density at radius 1 is 0.292 bits per heavy atom. The van der Waals surface area contributed by atoms with Crippen molar-refractivity contribution in [2.24, 2.45) is 0 Å². The Morgan fingerprint density at radius 3 is 1.23 bits per heavy atom. The Kier molecular flexibility index (Phi) is 8.09. The van der Waals surface area contributed by atoms with Gasteiger partial charge in [-0.2, -0.15) is 0 Å². The van der Waals surface area contributed by atoms with Crippen LogP contribution in [0.1, 0.15) is 22.6 Å². The minimum Gasteiger partial charge on any atom is -0.311 e. The number of hydrogen-bond acceptors (Lipinski definition) is 1. The number of hydrogen-bond donors (Lipinski definition) is 0. The molecule has 8 aromatic carbocycles. The first-order valence-corrected chi connectivity index (χ1v) is 16.6. The fourth-order valence-electron chi connectivity index (χ4n) is 6.83. The van der Waals surface area contributed by atoms with Crippen molar-refractivity contribution in [3.63, 3.8) is 0 Å². The molecule has 0 bridgehead atoms. The van der Waals surface area contributed by atoms with Crippen LogP contribution < -0.4 is 4.90 Å². The molecule has 0 saturated heterocycles. The highest BCUT2D eigenvalue weighted by atomic mass is 15.1. The van der Waals surface area contributed by atoms with Crippen LogP contribution in [-0.2, 0) is 0 Å². The number of anilines is 3. The van der Waals surface area contributed by atoms with Crippen molar-refractivity contribution in [3.05, 3.63) is 223 Å². The summed E-state index contributed by atoms with van der Waals surface area (Å²) in [5.41, 5.74) is 12.0. The van der Waals surface area contributed by atoms with Gasteiger partial charge in [0.05, 0.1) is 0 Å². The monoisotopic (exact) mass is 613 g/mol. The SMILES string of the molecule is c1ccc(-c2ccc(N(c3ccc(-c4ccccc4)cc3)c3ccc(C(c4ccccc4)c4cccc5ccccc45)cc3)cc2)cc1. The summed E-state index contributed by atoms with van der Waals surface area (Å²) in [7, 11) is 0. The zero-order valence-corrected chi connectivity index (χ0v) is 26.7. The average molecular weight is 614 g/mol. The lowest BCUT2D eigenvalue weighted by Gasteiger charge is -2.27. The summed E-state index contributed by atoms with van der Waals surface area (Å²) in [6, 6.07) is 74.3. The summed E-state index contributed by atoms with van der Waals surface area (Å²) < 4.78 is 0. The van der Waals surface area contributed by atoms with Gasteiger partial charge in [-0.15, -0.1) is 0 Å². The second-order valence-electron chi connectivity index (χ2n) is 12.2. The summed E-state index contributed by atoms with van der Waals surface area (Å²) in [6.45, 7) is 0. The van der Waals surface area contributed by atoms with E-state index in [1.807, 2.05) is 0 Å². The van der Waals surface area contributed by atoms with Gasteiger partial charge in [-0.3, -0.25) is 0 Å². The molecule has 0 heterocycles. The highest BCUT2D eigenvalue weighted by Crippen LogP contribution is 2.40. The van der Waals surface area contributed by atoms with Crippen LogP contribution >= 0.6 is 0 Å². The summed E-state index contributed by atoms with van der Waals surface area (Å²) in [4.78, 5) is 2.35. The molecule has 0 saturated carbocycles. The Balaban J connectivity index is 1.21. The van der Waals surface area contributed by atoms with Gasteiger partial charge in [0.2, 0.25) is 0 Å². The van der Waals surface area contributed by atoms with E-state index in [1.165, 1.54) is 49.7 Å². The van der Waals surface area contributed by atoms with E-state index in [1.54, 1.807) is 0 Å². The van der Waals surface area contributed by atoms with E-state index < -0.39 is 0 Å². The first-order valence-electron chi connectivity index (χ1n) is 16.6. The smallest absolute Gasteiger partial charge is 0.0462 e. The van der Waals surface area contributed by atoms with Gasteiger partial charge in [0.25, 0.3) is 0 Å². The minimum atomic E-state index is 0.107. The van der Waals surface area contributed by atoms with Crippen LogP contribution in [0.5, 0.6) is 0 Å². The van der Waals surface area contributed by atoms with E-state index in [0.717, 1.165) is 17.1 Å². The Hall–Kier alpha value is -6.18. The van der Waals surface area contributed by atoms with E-state index >= 15 is 0 Å². The van der Waals surface area contributed by atoms with E-state index in [0.29, 0.717) is 0 Å². The van der Waals surface area contributed by atoms with Crippen molar-refractivity contribution < 1.29 is 0 Å². The lowest BCUT2D eigenvalue weighted by Crippen LogP contribution is -2.10. The van der Waals surface area contributed by atoms with E-state index in [-0.39, 0.29) is 5.92 Å². The molecule has 1 heteroatoms. The second kappa shape index (κ2) is 13.3. The zero-order chi connectivity index (χ0) is 32.1. The molecular formula is C47H35N. The normalized spacial score (nSPS) is 11.7. The van der Waals surface area contributed by atoms with Gasteiger partial charge in [-0.05, 0) is 86.1 Å². The lowest BCUT2D eigenvalue weighted by molar-refractivity contribution is 0.988. The molecule has 1 nitrogen and oxygen atoms in total. The Bertz CT molecular complexity index is 2150. The third-order valence-corrected chi connectivity index (χ3v) is 9.22. The van der Waals surface area contributed by atoms with Gasteiger partial charge in [-0.25, -0.2) is 0 Å². The molecule has 0 amide bonds.